The zero-order chi connectivity index (χ0) is 15.2. The molecule has 1 N–H and O–H groups in total. The van der Waals surface area contributed by atoms with Gasteiger partial charge in [-0.1, -0.05) is 17.7 Å². The van der Waals surface area contributed by atoms with Gasteiger partial charge in [0.1, 0.15) is 16.9 Å². The average molecular weight is 329 g/mol. The first-order chi connectivity index (χ1) is 10.1. The van der Waals surface area contributed by atoms with Crippen LogP contribution in [0.1, 0.15) is 18.4 Å². The van der Waals surface area contributed by atoms with Gasteiger partial charge in [-0.3, -0.25) is 4.79 Å². The third-order valence-corrected chi connectivity index (χ3v) is 5.49. The van der Waals surface area contributed by atoms with Gasteiger partial charge in [-0.25, -0.2) is 8.51 Å². The highest BCUT2D eigenvalue weighted by Gasteiger charge is 2.23. The van der Waals surface area contributed by atoms with Gasteiger partial charge in [-0.15, -0.1) is 11.6 Å². The lowest BCUT2D eigenvalue weighted by molar-refractivity contribution is -0.118. The van der Waals surface area contributed by atoms with Gasteiger partial charge in [0, 0.05) is 19.6 Å². The number of rotatable bonds is 5. The zero-order valence-electron chi connectivity index (χ0n) is 12.2. The highest BCUT2D eigenvalue weighted by molar-refractivity contribution is 7.82. The van der Waals surface area contributed by atoms with E-state index in [9.17, 15) is 9.00 Å². The Kier molecular flexibility index (Phi) is 6.21. The van der Waals surface area contributed by atoms with Gasteiger partial charge < -0.3 is 5.32 Å². The summed E-state index contributed by atoms with van der Waals surface area (Å²) in [6, 6.07) is 7.83. The molecule has 116 valence electrons. The van der Waals surface area contributed by atoms with Gasteiger partial charge in [0.15, 0.2) is 0 Å². The largest absolute Gasteiger partial charge is 0.355 e. The fourth-order valence-electron chi connectivity index (χ4n) is 2.39. The second-order valence-corrected chi connectivity index (χ2v) is 7.13. The Morgan fingerprint density at radius 1 is 1.33 bits per heavy atom. The highest BCUT2D eigenvalue weighted by atomic mass is 35.5. The van der Waals surface area contributed by atoms with Crippen molar-refractivity contribution >= 4 is 28.5 Å². The molecule has 1 fully saturated rings. The second kappa shape index (κ2) is 7.92. The minimum absolute atomic E-state index is 0.0102. The van der Waals surface area contributed by atoms with Crippen molar-refractivity contribution in [2.75, 3.05) is 25.5 Å². The van der Waals surface area contributed by atoms with Crippen LogP contribution in [0, 0.1) is 12.8 Å². The van der Waals surface area contributed by atoms with Crippen LogP contribution >= 0.6 is 11.6 Å². The van der Waals surface area contributed by atoms with Crippen LogP contribution in [-0.4, -0.2) is 39.9 Å². The number of carbonyl (C=O) groups is 1. The molecule has 1 saturated heterocycles. The van der Waals surface area contributed by atoms with E-state index in [-0.39, 0.29) is 11.8 Å². The number of carbonyl (C=O) groups excluding carboxylic acids is 1. The topological polar surface area (TPSA) is 49.4 Å². The van der Waals surface area contributed by atoms with Crippen molar-refractivity contribution < 1.29 is 9.00 Å². The fourth-order valence-corrected chi connectivity index (χ4v) is 3.69. The number of hydrogen-bond acceptors (Lipinski definition) is 2. The summed E-state index contributed by atoms with van der Waals surface area (Å²) in [5.41, 5.74) is 1.17. The molecule has 1 unspecified atom stereocenters. The summed E-state index contributed by atoms with van der Waals surface area (Å²) >= 11 is 5.45. The summed E-state index contributed by atoms with van der Waals surface area (Å²) < 4.78 is 14.5. The van der Waals surface area contributed by atoms with Crippen LogP contribution in [0.2, 0.25) is 0 Å². The molecule has 0 bridgehead atoms. The van der Waals surface area contributed by atoms with Crippen LogP contribution in [-0.2, 0) is 15.8 Å². The van der Waals surface area contributed by atoms with Crippen molar-refractivity contribution in [1.82, 2.24) is 9.62 Å². The highest BCUT2D eigenvalue weighted by Crippen LogP contribution is 2.21. The Labute approximate surface area is 133 Å². The summed E-state index contributed by atoms with van der Waals surface area (Å²) in [5.74, 6) is 0.335. The number of aryl methyl sites for hydroxylation is 1. The number of piperidine rings is 1. The van der Waals surface area contributed by atoms with E-state index >= 15 is 0 Å². The van der Waals surface area contributed by atoms with E-state index in [1.54, 1.807) is 0 Å². The molecule has 2 rings (SSSR count). The number of benzene rings is 1. The van der Waals surface area contributed by atoms with E-state index in [1.807, 2.05) is 35.5 Å². The van der Waals surface area contributed by atoms with Gasteiger partial charge >= 0.3 is 0 Å². The Morgan fingerprint density at radius 2 is 1.95 bits per heavy atom. The number of hydrogen-bond donors (Lipinski definition) is 1. The SMILES string of the molecule is Cc1ccc(S(=O)N2CCC(CNC(=O)CCl)CC2)cc1. The molecule has 21 heavy (non-hydrogen) atoms. The molecule has 0 aromatic heterocycles. The van der Waals surface area contributed by atoms with Crippen molar-refractivity contribution in [2.45, 2.75) is 24.7 Å². The van der Waals surface area contributed by atoms with Crippen molar-refractivity contribution in [3.05, 3.63) is 29.8 Å². The molecule has 1 amide bonds. The average Bonchev–Trinajstić information content (AvgIpc) is 2.53. The Hall–Kier alpha value is -0.910. The van der Waals surface area contributed by atoms with Crippen molar-refractivity contribution in [1.29, 1.82) is 0 Å². The minimum Gasteiger partial charge on any atom is -0.355 e. The lowest BCUT2D eigenvalue weighted by atomic mass is 9.98. The van der Waals surface area contributed by atoms with Gasteiger partial charge in [-0.2, -0.15) is 0 Å². The number of nitrogens with zero attached hydrogens (tertiary/aromatic N) is 1. The van der Waals surface area contributed by atoms with Crippen LogP contribution in [0.3, 0.4) is 0 Å². The summed E-state index contributed by atoms with van der Waals surface area (Å²) in [5, 5.41) is 2.82. The van der Waals surface area contributed by atoms with Crippen LogP contribution in [0.25, 0.3) is 0 Å². The maximum atomic E-state index is 12.5. The number of halogens is 1. The summed E-state index contributed by atoms with van der Waals surface area (Å²) in [6.45, 7) is 4.27. The first kappa shape index (κ1) is 16.5. The zero-order valence-corrected chi connectivity index (χ0v) is 13.8. The maximum absolute atomic E-state index is 12.5. The second-order valence-electron chi connectivity index (χ2n) is 5.37. The van der Waals surface area contributed by atoms with E-state index in [1.165, 1.54) is 5.56 Å². The third-order valence-electron chi connectivity index (χ3n) is 3.74. The first-order valence-electron chi connectivity index (χ1n) is 7.16. The Morgan fingerprint density at radius 3 is 2.52 bits per heavy atom. The van der Waals surface area contributed by atoms with Crippen molar-refractivity contribution in [3.8, 4) is 0 Å². The van der Waals surface area contributed by atoms with Crippen LogP contribution in [0.5, 0.6) is 0 Å². The fraction of sp³-hybridized carbons (Fsp3) is 0.533. The molecule has 0 saturated carbocycles. The maximum Gasteiger partial charge on any atom is 0.234 e. The molecule has 0 spiro atoms. The predicted molar refractivity (Wildman–Crippen MR) is 85.6 cm³/mol. The number of nitrogens with one attached hydrogen (secondary N) is 1. The summed E-state index contributed by atoms with van der Waals surface area (Å²) in [6.07, 6.45) is 1.89. The van der Waals surface area contributed by atoms with E-state index in [2.05, 4.69) is 5.32 Å². The molecule has 0 radical (unpaired) electrons. The Balaban J connectivity index is 1.82. The smallest absolute Gasteiger partial charge is 0.234 e. The molecule has 6 heteroatoms. The van der Waals surface area contributed by atoms with Gasteiger partial charge in [0.25, 0.3) is 0 Å². The number of alkyl halides is 1. The van der Waals surface area contributed by atoms with Gasteiger partial charge in [0.2, 0.25) is 5.91 Å². The quantitative estimate of drug-likeness (QED) is 0.841. The molecule has 1 aliphatic heterocycles. The van der Waals surface area contributed by atoms with Crippen LogP contribution < -0.4 is 5.32 Å². The van der Waals surface area contributed by atoms with Crippen LogP contribution in [0.15, 0.2) is 29.2 Å². The lowest BCUT2D eigenvalue weighted by Crippen LogP contribution is -2.39. The summed E-state index contributed by atoms with van der Waals surface area (Å²) in [4.78, 5) is 12.0. The Bertz CT molecular complexity index is 499. The molecule has 1 atom stereocenters. The van der Waals surface area contributed by atoms with Gasteiger partial charge in [0.05, 0.1) is 4.90 Å². The molecule has 1 heterocycles. The monoisotopic (exact) mass is 328 g/mol. The van der Waals surface area contributed by atoms with Crippen molar-refractivity contribution in [2.24, 2.45) is 5.92 Å². The molecule has 4 nitrogen and oxygen atoms in total. The first-order valence-corrected chi connectivity index (χ1v) is 8.80. The molecular formula is C15H21ClN2O2S. The number of amides is 1. The predicted octanol–water partition coefficient (Wildman–Crippen LogP) is 2.08. The third kappa shape index (κ3) is 4.80. The van der Waals surface area contributed by atoms with Crippen molar-refractivity contribution in [3.63, 3.8) is 0 Å². The van der Waals surface area contributed by atoms with E-state index in [0.717, 1.165) is 30.8 Å². The molecule has 1 aromatic rings. The van der Waals surface area contributed by atoms with E-state index in [0.29, 0.717) is 12.5 Å². The standard InChI is InChI=1S/C15H21ClN2O2S/c1-12-2-4-14(5-3-12)21(20)18-8-6-13(7-9-18)11-17-15(19)10-16/h2-5,13H,6-11H2,1H3,(H,17,19). The molecule has 0 aliphatic carbocycles. The van der Waals surface area contributed by atoms with Gasteiger partial charge in [-0.05, 0) is 37.8 Å². The van der Waals surface area contributed by atoms with E-state index in [4.69, 9.17) is 11.6 Å². The molecular weight excluding hydrogens is 308 g/mol. The summed E-state index contributed by atoms with van der Waals surface area (Å²) in [7, 11) is -1.08. The molecule has 1 aromatic carbocycles. The van der Waals surface area contributed by atoms with E-state index < -0.39 is 11.0 Å². The molecule has 1 aliphatic rings. The van der Waals surface area contributed by atoms with Crippen LogP contribution in [0.4, 0.5) is 0 Å². The minimum atomic E-state index is -1.08. The lowest BCUT2D eigenvalue weighted by Gasteiger charge is -2.30. The normalized spacial score (nSPS) is 18.4.